The van der Waals surface area contributed by atoms with E-state index in [0.717, 1.165) is 68.1 Å². The maximum absolute atomic E-state index is 16.1. The maximum atomic E-state index is 16.1. The fourth-order valence-corrected chi connectivity index (χ4v) is 6.10. The molecule has 2 aromatic carbocycles. The van der Waals surface area contributed by atoms with E-state index in [1.54, 1.807) is 12.1 Å². The zero-order valence-corrected chi connectivity index (χ0v) is 24.8. The molecular formula is C35H49FO4. The fourth-order valence-electron chi connectivity index (χ4n) is 6.10. The van der Waals surface area contributed by atoms with Gasteiger partial charge in [-0.05, 0) is 80.2 Å². The van der Waals surface area contributed by atoms with Gasteiger partial charge in [-0.15, -0.1) is 0 Å². The van der Waals surface area contributed by atoms with E-state index in [1.807, 2.05) is 43.3 Å². The van der Waals surface area contributed by atoms with Crippen LogP contribution in [0.2, 0.25) is 0 Å². The standard InChI is InChI=1S/C35H49FO4/c1-4-6-8-10-13-26(3)40-33(37)30-23-21-28(22-24-30)27-17-19-29(20-18-27)31(14-7-5-2)25-35(36,34(38)39)32-15-11-9-12-16-32/h17-24,26,31-32H,4-16,25H2,1-3H3,(H,38,39)/t26-,31?,35+/m1/s1. The second-order valence-corrected chi connectivity index (χ2v) is 11.8. The minimum atomic E-state index is -2.19. The number of carbonyl (C=O) groups is 2. The molecule has 0 bridgehead atoms. The summed E-state index contributed by atoms with van der Waals surface area (Å²) in [6, 6.07) is 15.5. The molecule has 2 aromatic rings. The van der Waals surface area contributed by atoms with E-state index in [4.69, 9.17) is 4.74 Å². The first kappa shape index (κ1) is 31.8. The highest BCUT2D eigenvalue weighted by Crippen LogP contribution is 2.43. The number of alkyl halides is 1. The molecule has 1 aliphatic carbocycles. The molecule has 40 heavy (non-hydrogen) atoms. The first-order valence-electron chi connectivity index (χ1n) is 15.6. The number of benzene rings is 2. The molecule has 4 nitrogen and oxygen atoms in total. The van der Waals surface area contributed by atoms with Crippen LogP contribution in [0.15, 0.2) is 48.5 Å². The first-order valence-corrected chi connectivity index (χ1v) is 15.6. The Bertz CT molecular complexity index is 1040. The van der Waals surface area contributed by atoms with Crippen molar-refractivity contribution in [3.8, 4) is 11.1 Å². The summed E-state index contributed by atoms with van der Waals surface area (Å²) in [5, 5.41) is 9.96. The van der Waals surface area contributed by atoms with Crippen LogP contribution in [0, 0.1) is 5.92 Å². The number of carbonyl (C=O) groups excluding carboxylic acids is 1. The SMILES string of the molecule is CCCCCC[C@@H](C)OC(=O)c1ccc(-c2ccc(C(CCCC)C[C@@](F)(C(=O)O)C3CCCCC3)cc2)cc1. The van der Waals surface area contributed by atoms with Crippen LogP contribution in [-0.2, 0) is 9.53 Å². The van der Waals surface area contributed by atoms with Crippen LogP contribution in [-0.4, -0.2) is 28.8 Å². The number of hydrogen-bond acceptors (Lipinski definition) is 3. The van der Waals surface area contributed by atoms with Gasteiger partial charge in [0.25, 0.3) is 0 Å². The largest absolute Gasteiger partial charge is 0.479 e. The summed E-state index contributed by atoms with van der Waals surface area (Å²) in [4.78, 5) is 24.8. The third-order valence-corrected chi connectivity index (χ3v) is 8.67. The summed E-state index contributed by atoms with van der Waals surface area (Å²) in [5.74, 6) is -2.15. The summed E-state index contributed by atoms with van der Waals surface area (Å²) in [6.45, 7) is 6.24. The molecule has 3 atom stereocenters. The number of carboxylic acid groups (broad SMARTS) is 1. The molecule has 1 N–H and O–H groups in total. The Balaban J connectivity index is 1.68. The van der Waals surface area contributed by atoms with Crippen molar-refractivity contribution >= 4 is 11.9 Å². The van der Waals surface area contributed by atoms with Gasteiger partial charge in [-0.2, -0.15) is 0 Å². The predicted molar refractivity (Wildman–Crippen MR) is 160 cm³/mol. The molecule has 0 aromatic heterocycles. The Morgan fingerprint density at radius 3 is 2.05 bits per heavy atom. The lowest BCUT2D eigenvalue weighted by molar-refractivity contribution is -0.157. The molecule has 0 spiro atoms. The molecule has 3 rings (SSSR count). The highest BCUT2D eigenvalue weighted by atomic mass is 19.1. The molecule has 5 heteroatoms. The number of aliphatic carboxylic acids is 1. The Morgan fingerprint density at radius 2 is 1.48 bits per heavy atom. The van der Waals surface area contributed by atoms with Gasteiger partial charge in [0.1, 0.15) is 0 Å². The van der Waals surface area contributed by atoms with Crippen LogP contribution in [0.1, 0.15) is 133 Å². The smallest absolute Gasteiger partial charge is 0.341 e. The summed E-state index contributed by atoms with van der Waals surface area (Å²) < 4.78 is 21.8. The molecule has 0 radical (unpaired) electrons. The van der Waals surface area contributed by atoms with Crippen LogP contribution in [0.5, 0.6) is 0 Å². The van der Waals surface area contributed by atoms with Gasteiger partial charge in [-0.25, -0.2) is 14.0 Å². The average molecular weight is 553 g/mol. The monoisotopic (exact) mass is 552 g/mol. The van der Waals surface area contributed by atoms with E-state index >= 15 is 4.39 Å². The highest BCUT2D eigenvalue weighted by Gasteiger charge is 2.48. The second kappa shape index (κ2) is 15.9. The summed E-state index contributed by atoms with van der Waals surface area (Å²) >= 11 is 0. The topological polar surface area (TPSA) is 63.6 Å². The van der Waals surface area contributed by atoms with Crippen molar-refractivity contribution < 1.29 is 23.8 Å². The number of ether oxygens (including phenoxy) is 1. The van der Waals surface area contributed by atoms with Gasteiger partial charge in [-0.1, -0.05) is 102 Å². The molecular weight excluding hydrogens is 503 g/mol. The van der Waals surface area contributed by atoms with Crippen LogP contribution >= 0.6 is 0 Å². The zero-order chi connectivity index (χ0) is 29.0. The van der Waals surface area contributed by atoms with E-state index in [9.17, 15) is 14.7 Å². The summed E-state index contributed by atoms with van der Waals surface area (Å²) in [5.41, 5.74) is 1.32. The molecule has 0 amide bonds. The third kappa shape index (κ3) is 8.91. The average Bonchev–Trinajstić information content (AvgIpc) is 2.98. The van der Waals surface area contributed by atoms with E-state index in [1.165, 1.54) is 19.3 Å². The van der Waals surface area contributed by atoms with Crippen LogP contribution in [0.25, 0.3) is 11.1 Å². The van der Waals surface area contributed by atoms with E-state index in [-0.39, 0.29) is 24.4 Å². The zero-order valence-electron chi connectivity index (χ0n) is 24.8. The van der Waals surface area contributed by atoms with Crippen molar-refractivity contribution in [3.63, 3.8) is 0 Å². The predicted octanol–water partition coefficient (Wildman–Crippen LogP) is 9.91. The third-order valence-electron chi connectivity index (χ3n) is 8.67. The Labute approximate surface area is 240 Å². The van der Waals surface area contributed by atoms with Crippen LogP contribution < -0.4 is 0 Å². The minimum absolute atomic E-state index is 0.0280. The quantitative estimate of drug-likeness (QED) is 0.166. The first-order chi connectivity index (χ1) is 19.3. The molecule has 0 aliphatic heterocycles. The van der Waals surface area contributed by atoms with E-state index in [2.05, 4.69) is 13.8 Å². The second-order valence-electron chi connectivity index (χ2n) is 11.8. The fraction of sp³-hybridized carbons (Fsp3) is 0.600. The number of unbranched alkanes of at least 4 members (excludes halogenated alkanes) is 4. The van der Waals surface area contributed by atoms with Gasteiger partial charge in [0.2, 0.25) is 5.67 Å². The number of hydrogen-bond donors (Lipinski definition) is 1. The van der Waals surface area contributed by atoms with Crippen molar-refractivity contribution in [2.45, 2.75) is 128 Å². The highest BCUT2D eigenvalue weighted by molar-refractivity contribution is 5.90. The lowest BCUT2D eigenvalue weighted by Crippen LogP contribution is -2.44. The normalized spacial score (nSPS) is 17.1. The number of halogens is 1. The lowest BCUT2D eigenvalue weighted by Gasteiger charge is -2.35. The van der Waals surface area contributed by atoms with E-state index < -0.39 is 17.6 Å². The molecule has 0 heterocycles. The lowest BCUT2D eigenvalue weighted by atomic mass is 9.72. The Kier molecular flexibility index (Phi) is 12.7. The molecule has 0 saturated heterocycles. The van der Waals surface area contributed by atoms with Crippen LogP contribution in [0.3, 0.4) is 0 Å². The van der Waals surface area contributed by atoms with Crippen molar-refractivity contribution in [1.82, 2.24) is 0 Å². The van der Waals surface area contributed by atoms with Gasteiger partial charge >= 0.3 is 11.9 Å². The van der Waals surface area contributed by atoms with Crippen molar-refractivity contribution in [2.75, 3.05) is 0 Å². The van der Waals surface area contributed by atoms with Gasteiger partial charge in [-0.3, -0.25) is 0 Å². The maximum Gasteiger partial charge on any atom is 0.341 e. The van der Waals surface area contributed by atoms with Crippen molar-refractivity contribution in [3.05, 3.63) is 59.7 Å². The van der Waals surface area contributed by atoms with Gasteiger partial charge in [0.05, 0.1) is 11.7 Å². The van der Waals surface area contributed by atoms with Gasteiger partial charge in [0, 0.05) is 5.92 Å². The summed E-state index contributed by atoms with van der Waals surface area (Å²) in [7, 11) is 0. The van der Waals surface area contributed by atoms with Gasteiger partial charge in [0.15, 0.2) is 0 Å². The molecule has 1 unspecified atom stereocenters. The molecule has 220 valence electrons. The van der Waals surface area contributed by atoms with Crippen molar-refractivity contribution in [2.24, 2.45) is 5.92 Å². The van der Waals surface area contributed by atoms with E-state index in [0.29, 0.717) is 18.4 Å². The Hall–Kier alpha value is -2.69. The van der Waals surface area contributed by atoms with Crippen molar-refractivity contribution in [1.29, 1.82) is 0 Å². The molecule has 1 fully saturated rings. The Morgan fingerprint density at radius 1 is 0.875 bits per heavy atom. The molecule has 1 aliphatic rings. The number of rotatable bonds is 16. The number of esters is 1. The minimum Gasteiger partial charge on any atom is -0.479 e. The summed E-state index contributed by atoms with van der Waals surface area (Å²) in [6.07, 6.45) is 12.3. The van der Waals surface area contributed by atoms with Crippen LogP contribution in [0.4, 0.5) is 4.39 Å². The number of carboxylic acids is 1. The van der Waals surface area contributed by atoms with Gasteiger partial charge < -0.3 is 9.84 Å². The molecule has 1 saturated carbocycles.